The lowest BCUT2D eigenvalue weighted by Gasteiger charge is -2.31. The Balaban J connectivity index is 2.30. The van der Waals surface area contributed by atoms with Gasteiger partial charge in [-0.1, -0.05) is 11.6 Å². The van der Waals surface area contributed by atoms with E-state index in [1.54, 1.807) is 0 Å². The van der Waals surface area contributed by atoms with E-state index in [9.17, 15) is 4.79 Å². The Morgan fingerprint density at radius 1 is 1.50 bits per heavy atom. The summed E-state index contributed by atoms with van der Waals surface area (Å²) >= 11 is 6.06. The Morgan fingerprint density at radius 2 is 2.28 bits per heavy atom. The van der Waals surface area contributed by atoms with Crippen molar-refractivity contribution in [1.82, 2.24) is 0 Å². The molecule has 0 atom stereocenters. The zero-order valence-electron chi connectivity index (χ0n) is 10.8. The summed E-state index contributed by atoms with van der Waals surface area (Å²) < 4.78 is 5.21. The van der Waals surface area contributed by atoms with Crippen LogP contribution >= 0.6 is 11.6 Å². The number of benzene rings is 1. The summed E-state index contributed by atoms with van der Waals surface area (Å²) in [4.78, 5) is 14.0. The van der Waals surface area contributed by atoms with Crippen LogP contribution in [0.4, 0.5) is 5.69 Å². The topological polar surface area (TPSA) is 29.5 Å². The highest BCUT2D eigenvalue weighted by atomic mass is 35.5. The second-order valence-corrected chi connectivity index (χ2v) is 4.95. The van der Waals surface area contributed by atoms with Gasteiger partial charge in [0.25, 0.3) is 5.91 Å². The van der Waals surface area contributed by atoms with Crippen LogP contribution in [-0.4, -0.2) is 25.7 Å². The van der Waals surface area contributed by atoms with Gasteiger partial charge < -0.3 is 9.64 Å². The average molecular weight is 268 g/mol. The molecule has 1 aromatic carbocycles. The SMILES string of the molecule is CCOCC(=O)N1CCCc2cc(Cl)cc(C)c21. The lowest BCUT2D eigenvalue weighted by atomic mass is 9.98. The van der Waals surface area contributed by atoms with Crippen molar-refractivity contribution in [3.8, 4) is 0 Å². The number of halogens is 1. The molecule has 1 aromatic rings. The fourth-order valence-corrected chi connectivity index (χ4v) is 2.73. The first-order valence-corrected chi connectivity index (χ1v) is 6.68. The summed E-state index contributed by atoms with van der Waals surface area (Å²) in [5, 5.41) is 0.741. The maximum absolute atomic E-state index is 12.1. The standard InChI is InChI=1S/C14H18ClNO2/c1-3-18-9-13(17)16-6-4-5-11-8-12(15)7-10(2)14(11)16/h7-8H,3-6,9H2,1-2H3. The summed E-state index contributed by atoms with van der Waals surface area (Å²) in [5.41, 5.74) is 3.24. The predicted molar refractivity (Wildman–Crippen MR) is 73.4 cm³/mol. The first-order chi connectivity index (χ1) is 8.63. The molecule has 0 unspecified atom stereocenters. The van der Waals surface area contributed by atoms with Gasteiger partial charge in [0.1, 0.15) is 6.61 Å². The molecule has 3 nitrogen and oxygen atoms in total. The number of carbonyl (C=O) groups excluding carboxylic acids is 1. The molecule has 18 heavy (non-hydrogen) atoms. The van der Waals surface area contributed by atoms with Crippen molar-refractivity contribution >= 4 is 23.2 Å². The van der Waals surface area contributed by atoms with Crippen LogP contribution in [0.2, 0.25) is 5.02 Å². The zero-order chi connectivity index (χ0) is 13.1. The number of carbonyl (C=O) groups is 1. The normalized spacial score (nSPS) is 14.5. The second-order valence-electron chi connectivity index (χ2n) is 4.52. The molecule has 0 aromatic heterocycles. The van der Waals surface area contributed by atoms with Crippen molar-refractivity contribution < 1.29 is 9.53 Å². The number of fused-ring (bicyclic) bond motifs is 1. The van der Waals surface area contributed by atoms with Crippen LogP contribution in [0.3, 0.4) is 0 Å². The monoisotopic (exact) mass is 267 g/mol. The third-order valence-electron chi connectivity index (χ3n) is 3.17. The number of aryl methyl sites for hydroxylation is 2. The third-order valence-corrected chi connectivity index (χ3v) is 3.39. The molecule has 1 aliphatic rings. The van der Waals surface area contributed by atoms with Gasteiger partial charge in [0, 0.05) is 23.9 Å². The molecule has 0 radical (unpaired) electrons. The second kappa shape index (κ2) is 5.72. The van der Waals surface area contributed by atoms with Gasteiger partial charge in [0.2, 0.25) is 0 Å². The van der Waals surface area contributed by atoms with Crippen LogP contribution in [0.25, 0.3) is 0 Å². The average Bonchev–Trinajstić information content (AvgIpc) is 2.34. The lowest BCUT2D eigenvalue weighted by molar-refractivity contribution is -0.123. The molecule has 2 rings (SSSR count). The van der Waals surface area contributed by atoms with Crippen LogP contribution in [0.5, 0.6) is 0 Å². The summed E-state index contributed by atoms with van der Waals surface area (Å²) in [6.45, 7) is 5.37. The Kier molecular flexibility index (Phi) is 4.25. The van der Waals surface area contributed by atoms with E-state index in [1.807, 2.05) is 30.9 Å². The van der Waals surface area contributed by atoms with Gasteiger partial charge in [0.05, 0.1) is 0 Å². The Bertz CT molecular complexity index is 459. The molecular weight excluding hydrogens is 250 g/mol. The minimum atomic E-state index is 0.0308. The fourth-order valence-electron chi connectivity index (χ4n) is 2.44. The summed E-state index contributed by atoms with van der Waals surface area (Å²) in [6, 6.07) is 3.87. The quantitative estimate of drug-likeness (QED) is 0.843. The lowest BCUT2D eigenvalue weighted by Crippen LogP contribution is -2.38. The molecule has 0 bridgehead atoms. The summed E-state index contributed by atoms with van der Waals surface area (Å²) in [6.07, 6.45) is 1.96. The Hall–Kier alpha value is -1.06. The number of hydrogen-bond donors (Lipinski definition) is 0. The third kappa shape index (κ3) is 2.68. The number of nitrogens with zero attached hydrogens (tertiary/aromatic N) is 1. The minimum absolute atomic E-state index is 0.0308. The van der Waals surface area contributed by atoms with E-state index >= 15 is 0 Å². The van der Waals surface area contributed by atoms with Crippen LogP contribution < -0.4 is 4.90 Å². The van der Waals surface area contributed by atoms with Crippen LogP contribution in [0.1, 0.15) is 24.5 Å². The number of hydrogen-bond acceptors (Lipinski definition) is 2. The van der Waals surface area contributed by atoms with Gasteiger partial charge in [-0.15, -0.1) is 0 Å². The maximum Gasteiger partial charge on any atom is 0.252 e. The molecule has 0 fully saturated rings. The van der Waals surface area contributed by atoms with E-state index in [1.165, 1.54) is 0 Å². The van der Waals surface area contributed by atoms with Crippen molar-refractivity contribution in [2.24, 2.45) is 0 Å². The Morgan fingerprint density at radius 3 is 3.00 bits per heavy atom. The van der Waals surface area contributed by atoms with E-state index in [0.29, 0.717) is 6.61 Å². The van der Waals surface area contributed by atoms with Crippen molar-refractivity contribution in [3.05, 3.63) is 28.3 Å². The van der Waals surface area contributed by atoms with Crippen LogP contribution in [0, 0.1) is 6.92 Å². The number of rotatable bonds is 3. The van der Waals surface area contributed by atoms with Gasteiger partial charge in [0.15, 0.2) is 0 Å². The molecule has 0 aliphatic carbocycles. The van der Waals surface area contributed by atoms with Gasteiger partial charge in [-0.3, -0.25) is 4.79 Å². The van der Waals surface area contributed by atoms with E-state index in [-0.39, 0.29) is 12.5 Å². The zero-order valence-corrected chi connectivity index (χ0v) is 11.6. The summed E-state index contributed by atoms with van der Waals surface area (Å²) in [7, 11) is 0. The molecule has 98 valence electrons. The van der Waals surface area contributed by atoms with E-state index in [2.05, 4.69) is 0 Å². The fraction of sp³-hybridized carbons (Fsp3) is 0.500. The van der Waals surface area contributed by atoms with Crippen molar-refractivity contribution in [2.45, 2.75) is 26.7 Å². The number of anilines is 1. The molecule has 4 heteroatoms. The molecule has 0 saturated carbocycles. The highest BCUT2D eigenvalue weighted by Gasteiger charge is 2.24. The minimum Gasteiger partial charge on any atom is -0.372 e. The molecular formula is C14H18ClNO2. The van der Waals surface area contributed by atoms with Gasteiger partial charge in [-0.2, -0.15) is 0 Å². The predicted octanol–water partition coefficient (Wildman–Crippen LogP) is 2.96. The van der Waals surface area contributed by atoms with E-state index in [0.717, 1.165) is 41.2 Å². The largest absolute Gasteiger partial charge is 0.372 e. The maximum atomic E-state index is 12.1. The van der Waals surface area contributed by atoms with E-state index in [4.69, 9.17) is 16.3 Å². The molecule has 1 heterocycles. The first-order valence-electron chi connectivity index (χ1n) is 6.30. The Labute approximate surface area is 113 Å². The van der Waals surface area contributed by atoms with E-state index < -0.39 is 0 Å². The highest BCUT2D eigenvalue weighted by Crippen LogP contribution is 2.33. The van der Waals surface area contributed by atoms with Crippen molar-refractivity contribution in [3.63, 3.8) is 0 Å². The van der Waals surface area contributed by atoms with Crippen LogP contribution in [0.15, 0.2) is 12.1 Å². The summed E-state index contributed by atoms with van der Waals surface area (Å²) in [5.74, 6) is 0.0308. The smallest absolute Gasteiger partial charge is 0.252 e. The van der Waals surface area contributed by atoms with Gasteiger partial charge in [-0.25, -0.2) is 0 Å². The highest BCUT2D eigenvalue weighted by molar-refractivity contribution is 6.30. The van der Waals surface area contributed by atoms with Crippen molar-refractivity contribution in [2.75, 3.05) is 24.7 Å². The molecule has 0 spiro atoms. The van der Waals surface area contributed by atoms with Crippen molar-refractivity contribution in [1.29, 1.82) is 0 Å². The number of ether oxygens (including phenoxy) is 1. The number of amides is 1. The molecule has 1 aliphatic heterocycles. The first kappa shape index (κ1) is 13.4. The van der Waals surface area contributed by atoms with Crippen LogP contribution in [-0.2, 0) is 16.0 Å². The van der Waals surface area contributed by atoms with Gasteiger partial charge >= 0.3 is 0 Å². The molecule has 0 N–H and O–H groups in total. The van der Waals surface area contributed by atoms with Gasteiger partial charge in [-0.05, 0) is 49.9 Å². The molecule has 1 amide bonds. The molecule has 0 saturated heterocycles.